The van der Waals surface area contributed by atoms with E-state index in [2.05, 4.69) is 31.7 Å². The van der Waals surface area contributed by atoms with Crippen LogP contribution in [0.5, 0.6) is 6.01 Å². The molecular weight excluding hydrogens is 256 g/mol. The number of nitrogens with zero attached hydrogens (tertiary/aromatic N) is 4. The van der Waals surface area contributed by atoms with Gasteiger partial charge in [-0.2, -0.15) is 20.2 Å². The first-order valence-electron chi connectivity index (χ1n) is 6.09. The maximum Gasteiger partial charge on any atom is 0.323 e. The molecule has 0 saturated heterocycles. The Bertz CT molecular complexity index is 620. The van der Waals surface area contributed by atoms with Gasteiger partial charge in [0.15, 0.2) is 0 Å². The molecule has 0 saturated carbocycles. The molecule has 0 atom stereocenters. The Morgan fingerprint density at radius 2 is 1.85 bits per heavy atom. The van der Waals surface area contributed by atoms with E-state index in [0.29, 0.717) is 24.1 Å². The fourth-order valence-electron chi connectivity index (χ4n) is 1.48. The summed E-state index contributed by atoms with van der Waals surface area (Å²) in [5.74, 6) is 0.789. The third kappa shape index (κ3) is 3.32. The number of ether oxygens (including phenoxy) is 1. The lowest BCUT2D eigenvalue weighted by Gasteiger charge is -2.08. The van der Waals surface area contributed by atoms with Gasteiger partial charge in [0.1, 0.15) is 0 Å². The second-order valence-corrected chi connectivity index (χ2v) is 3.76. The second kappa shape index (κ2) is 6.33. The smallest absolute Gasteiger partial charge is 0.323 e. The normalized spacial score (nSPS) is 9.65. The molecule has 7 nitrogen and oxygen atoms in total. The molecule has 2 N–H and O–H groups in total. The van der Waals surface area contributed by atoms with Gasteiger partial charge < -0.3 is 15.4 Å². The molecule has 1 aromatic carbocycles. The summed E-state index contributed by atoms with van der Waals surface area (Å²) in [5, 5.41) is 14.6. The average molecular weight is 270 g/mol. The molecule has 2 aromatic rings. The highest BCUT2D eigenvalue weighted by Crippen LogP contribution is 2.17. The SMILES string of the molecule is CCOc1nc(NC)nc(Nc2ccc(C#N)cc2)n1. The van der Waals surface area contributed by atoms with E-state index in [0.717, 1.165) is 5.69 Å². The van der Waals surface area contributed by atoms with E-state index in [4.69, 9.17) is 10.00 Å². The molecule has 0 unspecified atom stereocenters. The fraction of sp³-hybridized carbons (Fsp3) is 0.231. The number of benzene rings is 1. The topological polar surface area (TPSA) is 95.8 Å². The summed E-state index contributed by atoms with van der Waals surface area (Å²) in [5.41, 5.74) is 1.37. The van der Waals surface area contributed by atoms with E-state index in [1.165, 1.54) is 0 Å². The molecule has 102 valence electrons. The van der Waals surface area contributed by atoms with Gasteiger partial charge in [0, 0.05) is 12.7 Å². The van der Waals surface area contributed by atoms with E-state index < -0.39 is 0 Å². The van der Waals surface area contributed by atoms with Crippen LogP contribution < -0.4 is 15.4 Å². The molecule has 1 aromatic heterocycles. The summed E-state index contributed by atoms with van der Waals surface area (Å²) >= 11 is 0. The molecule has 0 amide bonds. The maximum absolute atomic E-state index is 8.75. The first-order valence-corrected chi connectivity index (χ1v) is 6.09. The molecule has 0 radical (unpaired) electrons. The molecule has 0 fully saturated rings. The Kier molecular flexibility index (Phi) is 4.29. The van der Waals surface area contributed by atoms with Crippen molar-refractivity contribution in [1.29, 1.82) is 5.26 Å². The number of anilines is 3. The predicted octanol–water partition coefficient (Wildman–Crippen LogP) is 1.93. The maximum atomic E-state index is 8.75. The number of hydrogen-bond donors (Lipinski definition) is 2. The number of hydrogen-bond acceptors (Lipinski definition) is 7. The molecule has 20 heavy (non-hydrogen) atoms. The van der Waals surface area contributed by atoms with Gasteiger partial charge in [-0.25, -0.2) is 0 Å². The molecule has 0 aliphatic rings. The summed E-state index contributed by atoms with van der Waals surface area (Å²) in [7, 11) is 1.72. The molecule has 0 aliphatic heterocycles. The van der Waals surface area contributed by atoms with Crippen molar-refractivity contribution in [3.63, 3.8) is 0 Å². The van der Waals surface area contributed by atoms with E-state index in [-0.39, 0.29) is 6.01 Å². The summed E-state index contributed by atoms with van der Waals surface area (Å²) in [6.45, 7) is 2.33. The largest absolute Gasteiger partial charge is 0.464 e. The lowest BCUT2D eigenvalue weighted by atomic mass is 10.2. The lowest BCUT2D eigenvalue weighted by molar-refractivity contribution is 0.312. The Hall–Kier alpha value is -2.88. The van der Waals surface area contributed by atoms with Crippen LogP contribution in [-0.4, -0.2) is 28.6 Å². The number of rotatable bonds is 5. The van der Waals surface area contributed by atoms with Crippen LogP contribution in [0, 0.1) is 11.3 Å². The van der Waals surface area contributed by atoms with Crippen molar-refractivity contribution in [3.05, 3.63) is 29.8 Å². The highest BCUT2D eigenvalue weighted by molar-refractivity contribution is 5.55. The first-order chi connectivity index (χ1) is 9.75. The van der Waals surface area contributed by atoms with E-state index in [9.17, 15) is 0 Å². The Morgan fingerprint density at radius 3 is 2.45 bits per heavy atom. The van der Waals surface area contributed by atoms with Gasteiger partial charge in [-0.05, 0) is 31.2 Å². The van der Waals surface area contributed by atoms with Crippen molar-refractivity contribution in [3.8, 4) is 12.1 Å². The van der Waals surface area contributed by atoms with Crippen molar-refractivity contribution in [1.82, 2.24) is 15.0 Å². The molecule has 2 rings (SSSR count). The predicted molar refractivity (Wildman–Crippen MR) is 75.0 cm³/mol. The van der Waals surface area contributed by atoms with Gasteiger partial charge in [0.25, 0.3) is 0 Å². The third-order valence-electron chi connectivity index (χ3n) is 2.38. The molecule has 1 heterocycles. The van der Waals surface area contributed by atoms with Crippen molar-refractivity contribution >= 4 is 17.6 Å². The summed E-state index contributed by atoms with van der Waals surface area (Å²) < 4.78 is 5.28. The number of aromatic nitrogens is 3. The zero-order valence-corrected chi connectivity index (χ0v) is 11.2. The molecular formula is C13H14N6O. The zero-order chi connectivity index (χ0) is 14.4. The minimum atomic E-state index is 0.253. The van der Waals surface area contributed by atoms with Crippen LogP contribution in [0.1, 0.15) is 12.5 Å². The summed E-state index contributed by atoms with van der Waals surface area (Å²) in [6, 6.07) is 9.30. The summed E-state index contributed by atoms with van der Waals surface area (Å²) in [6.07, 6.45) is 0. The Balaban J connectivity index is 2.22. The van der Waals surface area contributed by atoms with Crippen LogP contribution in [0.3, 0.4) is 0 Å². The average Bonchev–Trinajstić information content (AvgIpc) is 2.48. The van der Waals surface area contributed by atoms with Gasteiger partial charge in [-0.1, -0.05) is 0 Å². The van der Waals surface area contributed by atoms with Crippen LogP contribution in [0.2, 0.25) is 0 Å². The van der Waals surface area contributed by atoms with Crippen molar-refractivity contribution in [2.24, 2.45) is 0 Å². The second-order valence-electron chi connectivity index (χ2n) is 3.76. The number of nitrogens with one attached hydrogen (secondary N) is 2. The van der Waals surface area contributed by atoms with E-state index in [1.807, 2.05) is 6.92 Å². The van der Waals surface area contributed by atoms with Crippen LogP contribution in [0.25, 0.3) is 0 Å². The van der Waals surface area contributed by atoms with Crippen LogP contribution >= 0.6 is 0 Å². The monoisotopic (exact) mass is 270 g/mol. The quantitative estimate of drug-likeness (QED) is 0.856. The Labute approximate surface area is 116 Å². The van der Waals surface area contributed by atoms with Gasteiger partial charge >= 0.3 is 6.01 Å². The van der Waals surface area contributed by atoms with Gasteiger partial charge in [-0.3, -0.25) is 0 Å². The molecule has 0 bridgehead atoms. The van der Waals surface area contributed by atoms with E-state index >= 15 is 0 Å². The first kappa shape index (κ1) is 13.5. The third-order valence-corrected chi connectivity index (χ3v) is 2.38. The van der Waals surface area contributed by atoms with Gasteiger partial charge in [0.2, 0.25) is 11.9 Å². The standard InChI is InChI=1S/C13H14N6O/c1-3-20-13-18-11(15-2)17-12(19-13)16-10-6-4-9(8-14)5-7-10/h4-7H,3H2,1-2H3,(H2,15,16,17,18,19). The minimum absolute atomic E-state index is 0.253. The lowest BCUT2D eigenvalue weighted by Crippen LogP contribution is -2.06. The highest BCUT2D eigenvalue weighted by Gasteiger charge is 2.06. The Morgan fingerprint density at radius 1 is 1.15 bits per heavy atom. The van der Waals surface area contributed by atoms with Crippen LogP contribution in [0.15, 0.2) is 24.3 Å². The van der Waals surface area contributed by atoms with Crippen LogP contribution in [0.4, 0.5) is 17.6 Å². The minimum Gasteiger partial charge on any atom is -0.464 e. The molecule has 0 spiro atoms. The fourth-order valence-corrected chi connectivity index (χ4v) is 1.48. The van der Waals surface area contributed by atoms with Gasteiger partial charge in [-0.15, -0.1) is 0 Å². The van der Waals surface area contributed by atoms with Crippen molar-refractivity contribution in [2.45, 2.75) is 6.92 Å². The highest BCUT2D eigenvalue weighted by atomic mass is 16.5. The molecule has 0 aliphatic carbocycles. The van der Waals surface area contributed by atoms with Gasteiger partial charge in [0.05, 0.1) is 18.2 Å². The number of nitriles is 1. The van der Waals surface area contributed by atoms with E-state index in [1.54, 1.807) is 31.3 Å². The van der Waals surface area contributed by atoms with Crippen molar-refractivity contribution < 1.29 is 4.74 Å². The zero-order valence-electron chi connectivity index (χ0n) is 11.2. The molecule has 7 heteroatoms. The van der Waals surface area contributed by atoms with Crippen LogP contribution in [-0.2, 0) is 0 Å². The summed E-state index contributed by atoms with van der Waals surface area (Å²) in [4.78, 5) is 12.4. The van der Waals surface area contributed by atoms with Crippen molar-refractivity contribution in [2.75, 3.05) is 24.3 Å².